The van der Waals surface area contributed by atoms with E-state index in [0.717, 1.165) is 34.7 Å². The first kappa shape index (κ1) is 14.7. The number of nitrogens with zero attached hydrogens (tertiary/aromatic N) is 2. The van der Waals surface area contributed by atoms with E-state index >= 15 is 0 Å². The van der Waals surface area contributed by atoms with Crippen LogP contribution in [0.25, 0.3) is 10.2 Å². The van der Waals surface area contributed by atoms with Crippen molar-refractivity contribution in [1.29, 1.82) is 0 Å². The molecular formula is C16H23N3OS. The number of rotatable bonds is 2. The quantitative estimate of drug-likeness (QED) is 0.923. The minimum atomic E-state index is 0.0125. The van der Waals surface area contributed by atoms with Gasteiger partial charge in [0.15, 0.2) is 0 Å². The molecule has 0 saturated carbocycles. The first-order valence-electron chi connectivity index (χ1n) is 7.82. The van der Waals surface area contributed by atoms with Crippen molar-refractivity contribution in [1.82, 2.24) is 14.9 Å². The van der Waals surface area contributed by atoms with E-state index in [1.165, 1.54) is 30.6 Å². The molecular weight excluding hydrogens is 282 g/mol. The van der Waals surface area contributed by atoms with Crippen molar-refractivity contribution in [3.63, 3.8) is 0 Å². The molecule has 1 N–H and O–H groups in total. The lowest BCUT2D eigenvalue weighted by molar-refractivity contribution is 0.211. The van der Waals surface area contributed by atoms with Gasteiger partial charge in [-0.3, -0.25) is 9.69 Å². The van der Waals surface area contributed by atoms with E-state index in [-0.39, 0.29) is 11.6 Å². The normalized spacial score (nSPS) is 18.8. The van der Waals surface area contributed by atoms with E-state index in [1.807, 2.05) is 6.92 Å². The largest absolute Gasteiger partial charge is 0.309 e. The van der Waals surface area contributed by atoms with Gasteiger partial charge in [-0.2, -0.15) is 0 Å². The summed E-state index contributed by atoms with van der Waals surface area (Å²) in [5.74, 6) is 0.815. The SMILES string of the molecule is Cc1sc2nc([C@@H](C)N3CCCCCC3)[nH]c(=O)c2c1C. The monoisotopic (exact) mass is 305 g/mol. The Morgan fingerprint density at radius 1 is 1.19 bits per heavy atom. The summed E-state index contributed by atoms with van der Waals surface area (Å²) in [7, 11) is 0. The third-order valence-electron chi connectivity index (χ3n) is 4.64. The predicted molar refractivity (Wildman–Crippen MR) is 88.2 cm³/mol. The minimum absolute atomic E-state index is 0.0125. The van der Waals surface area contributed by atoms with Gasteiger partial charge in [0.2, 0.25) is 0 Å². The Balaban J connectivity index is 1.98. The van der Waals surface area contributed by atoms with Crippen LogP contribution in [0.5, 0.6) is 0 Å². The van der Waals surface area contributed by atoms with Crippen LogP contribution < -0.4 is 5.56 Å². The van der Waals surface area contributed by atoms with Gasteiger partial charge in [0.1, 0.15) is 10.7 Å². The molecule has 21 heavy (non-hydrogen) atoms. The second-order valence-corrected chi connectivity index (χ2v) is 7.24. The number of aromatic amines is 1. The van der Waals surface area contributed by atoms with Crippen LogP contribution in [-0.4, -0.2) is 28.0 Å². The minimum Gasteiger partial charge on any atom is -0.309 e. The summed E-state index contributed by atoms with van der Waals surface area (Å²) in [5.41, 5.74) is 1.08. The lowest BCUT2D eigenvalue weighted by atomic mass is 10.2. The highest BCUT2D eigenvalue weighted by Crippen LogP contribution is 2.28. The molecule has 2 aromatic rings. The van der Waals surface area contributed by atoms with Crippen molar-refractivity contribution in [3.05, 3.63) is 26.6 Å². The van der Waals surface area contributed by atoms with Crippen LogP contribution in [0.1, 0.15) is 54.9 Å². The number of likely N-dealkylation sites (tertiary alicyclic amines) is 1. The second-order valence-electron chi connectivity index (χ2n) is 6.04. The molecule has 1 aliphatic rings. The first-order chi connectivity index (χ1) is 10.1. The molecule has 0 aliphatic carbocycles. The Hall–Kier alpha value is -1.20. The highest BCUT2D eigenvalue weighted by atomic mass is 32.1. The van der Waals surface area contributed by atoms with E-state index in [0.29, 0.717) is 0 Å². The zero-order chi connectivity index (χ0) is 15.0. The fourth-order valence-corrected chi connectivity index (χ4v) is 4.16. The highest BCUT2D eigenvalue weighted by molar-refractivity contribution is 7.18. The number of H-pyrrole nitrogens is 1. The maximum Gasteiger partial charge on any atom is 0.259 e. The molecule has 114 valence electrons. The van der Waals surface area contributed by atoms with Crippen LogP contribution in [0.2, 0.25) is 0 Å². The van der Waals surface area contributed by atoms with Crippen molar-refractivity contribution in [2.75, 3.05) is 13.1 Å². The molecule has 5 heteroatoms. The Bertz CT molecular complexity index is 695. The molecule has 3 rings (SSSR count). The van der Waals surface area contributed by atoms with Crippen molar-refractivity contribution in [2.45, 2.75) is 52.5 Å². The average Bonchev–Trinajstić information content (AvgIpc) is 2.67. The molecule has 0 amide bonds. The number of thiophene rings is 1. The molecule has 1 aliphatic heterocycles. The standard InChI is InChI=1S/C16H23N3OS/c1-10-12(3)21-16-13(10)15(20)17-14(18-16)11(2)19-8-6-4-5-7-9-19/h11H,4-9H2,1-3H3,(H,17,18,20)/t11-/m1/s1. The van der Waals surface area contributed by atoms with Crippen LogP contribution in [0, 0.1) is 13.8 Å². The molecule has 1 saturated heterocycles. The van der Waals surface area contributed by atoms with Crippen LogP contribution >= 0.6 is 11.3 Å². The Morgan fingerprint density at radius 3 is 2.52 bits per heavy atom. The van der Waals surface area contributed by atoms with Crippen molar-refractivity contribution in [2.24, 2.45) is 0 Å². The number of hydrogen-bond acceptors (Lipinski definition) is 4. The molecule has 0 radical (unpaired) electrons. The number of aryl methyl sites for hydroxylation is 2. The van der Waals surface area contributed by atoms with Crippen molar-refractivity contribution in [3.8, 4) is 0 Å². The molecule has 4 nitrogen and oxygen atoms in total. The summed E-state index contributed by atoms with van der Waals surface area (Å²) in [6.45, 7) is 8.42. The maximum absolute atomic E-state index is 12.4. The summed E-state index contributed by atoms with van der Waals surface area (Å²) in [5, 5.41) is 0.768. The lowest BCUT2D eigenvalue weighted by Crippen LogP contribution is -2.30. The molecule has 1 atom stereocenters. The van der Waals surface area contributed by atoms with Gasteiger partial charge in [-0.1, -0.05) is 12.8 Å². The molecule has 0 unspecified atom stereocenters. The number of fused-ring (bicyclic) bond motifs is 1. The topological polar surface area (TPSA) is 49.0 Å². The number of aromatic nitrogens is 2. The predicted octanol–water partition coefficient (Wildman–Crippen LogP) is 3.54. The van der Waals surface area contributed by atoms with Crippen LogP contribution in [-0.2, 0) is 0 Å². The van der Waals surface area contributed by atoms with Gasteiger partial charge in [-0.25, -0.2) is 4.98 Å². The summed E-state index contributed by atoms with van der Waals surface area (Å²) in [4.78, 5) is 24.7. The maximum atomic E-state index is 12.4. The molecule has 3 heterocycles. The zero-order valence-electron chi connectivity index (χ0n) is 13.0. The summed E-state index contributed by atoms with van der Waals surface area (Å²) < 4.78 is 0. The third-order valence-corrected chi connectivity index (χ3v) is 5.74. The van der Waals surface area contributed by atoms with E-state index in [4.69, 9.17) is 4.98 Å². The smallest absolute Gasteiger partial charge is 0.259 e. The van der Waals surface area contributed by atoms with Crippen molar-refractivity contribution >= 4 is 21.6 Å². The Labute approximate surface area is 129 Å². The van der Waals surface area contributed by atoms with Gasteiger partial charge in [0.05, 0.1) is 11.4 Å². The molecule has 0 aromatic carbocycles. The van der Waals surface area contributed by atoms with Gasteiger partial charge < -0.3 is 4.98 Å². The van der Waals surface area contributed by atoms with E-state index in [2.05, 4.69) is 23.7 Å². The second kappa shape index (κ2) is 5.89. The summed E-state index contributed by atoms with van der Waals surface area (Å²) in [6.07, 6.45) is 5.12. The summed E-state index contributed by atoms with van der Waals surface area (Å²) in [6, 6.07) is 0.183. The zero-order valence-corrected chi connectivity index (χ0v) is 13.8. The van der Waals surface area contributed by atoms with Gasteiger partial charge in [0.25, 0.3) is 5.56 Å². The van der Waals surface area contributed by atoms with E-state index < -0.39 is 0 Å². The van der Waals surface area contributed by atoms with Crippen molar-refractivity contribution < 1.29 is 0 Å². The number of nitrogens with one attached hydrogen (secondary N) is 1. The molecule has 2 aromatic heterocycles. The van der Waals surface area contributed by atoms with Gasteiger partial charge in [0, 0.05) is 4.88 Å². The highest BCUT2D eigenvalue weighted by Gasteiger charge is 2.21. The Morgan fingerprint density at radius 2 is 1.86 bits per heavy atom. The first-order valence-corrected chi connectivity index (χ1v) is 8.63. The average molecular weight is 305 g/mol. The van der Waals surface area contributed by atoms with E-state index in [1.54, 1.807) is 11.3 Å². The molecule has 0 bridgehead atoms. The van der Waals surface area contributed by atoms with Crippen LogP contribution in [0.4, 0.5) is 0 Å². The van der Waals surface area contributed by atoms with Gasteiger partial charge >= 0.3 is 0 Å². The summed E-state index contributed by atoms with van der Waals surface area (Å²) >= 11 is 1.63. The van der Waals surface area contributed by atoms with Crippen LogP contribution in [0.3, 0.4) is 0 Å². The fraction of sp³-hybridized carbons (Fsp3) is 0.625. The van der Waals surface area contributed by atoms with Gasteiger partial charge in [-0.05, 0) is 52.3 Å². The fourth-order valence-electron chi connectivity index (χ4n) is 3.12. The van der Waals surface area contributed by atoms with E-state index in [9.17, 15) is 4.79 Å². The lowest BCUT2D eigenvalue weighted by Gasteiger charge is -2.26. The van der Waals surface area contributed by atoms with Gasteiger partial charge in [-0.15, -0.1) is 11.3 Å². The number of hydrogen-bond donors (Lipinski definition) is 1. The third kappa shape index (κ3) is 2.77. The molecule has 1 fully saturated rings. The molecule has 0 spiro atoms. The Kier molecular flexibility index (Phi) is 4.13. The van der Waals surface area contributed by atoms with Crippen LogP contribution in [0.15, 0.2) is 4.79 Å².